The van der Waals surface area contributed by atoms with E-state index in [2.05, 4.69) is 31.0 Å². The van der Waals surface area contributed by atoms with Crippen molar-refractivity contribution in [2.45, 2.75) is 52.7 Å². The molecule has 9 heteroatoms. The number of aryl methyl sites for hydroxylation is 1. The number of carbonyl (C=O) groups is 1. The molecular formula is C13H21N7O2. The molecule has 0 spiro atoms. The number of oxazole rings is 1. The molecule has 120 valence electrons. The zero-order valence-electron chi connectivity index (χ0n) is 13.3. The molecule has 9 nitrogen and oxygen atoms in total. The molecule has 0 unspecified atom stereocenters. The summed E-state index contributed by atoms with van der Waals surface area (Å²) in [5, 5.41) is 17.4. The number of rotatable bonds is 5. The van der Waals surface area contributed by atoms with E-state index < -0.39 is 0 Å². The van der Waals surface area contributed by atoms with Crippen molar-refractivity contribution in [2.75, 3.05) is 0 Å². The van der Waals surface area contributed by atoms with Crippen LogP contribution in [0.25, 0.3) is 0 Å². The second kappa shape index (κ2) is 6.54. The number of aromatic nitrogens is 5. The number of nitrogens with zero attached hydrogens (tertiary/aromatic N) is 5. The fourth-order valence-corrected chi connectivity index (χ4v) is 1.58. The monoisotopic (exact) mass is 307 g/mol. The minimum atomic E-state index is -0.332. The van der Waals surface area contributed by atoms with Crippen molar-refractivity contribution < 1.29 is 9.21 Å². The van der Waals surface area contributed by atoms with Crippen LogP contribution in [0.3, 0.4) is 0 Å². The number of urea groups is 1. The van der Waals surface area contributed by atoms with Crippen molar-refractivity contribution in [2.24, 2.45) is 0 Å². The Labute approximate surface area is 128 Å². The molecule has 0 aliphatic carbocycles. The Morgan fingerprint density at radius 3 is 2.64 bits per heavy atom. The van der Waals surface area contributed by atoms with Crippen molar-refractivity contribution in [3.63, 3.8) is 0 Å². The third-order valence-electron chi connectivity index (χ3n) is 2.79. The van der Waals surface area contributed by atoms with Gasteiger partial charge in [-0.25, -0.2) is 9.78 Å². The summed E-state index contributed by atoms with van der Waals surface area (Å²) in [6, 6.07) is -0.332. The molecule has 0 atom stereocenters. The summed E-state index contributed by atoms with van der Waals surface area (Å²) in [4.78, 5) is 17.3. The summed E-state index contributed by atoms with van der Waals surface area (Å²) >= 11 is 0. The van der Waals surface area contributed by atoms with Gasteiger partial charge in [0.1, 0.15) is 5.76 Å². The Balaban J connectivity index is 1.76. The lowest BCUT2D eigenvalue weighted by atomic mass is 10.1. The molecule has 2 N–H and O–H groups in total. The molecule has 0 saturated heterocycles. The lowest BCUT2D eigenvalue weighted by Crippen LogP contribution is -2.34. The molecule has 0 radical (unpaired) electrons. The van der Waals surface area contributed by atoms with E-state index in [1.807, 2.05) is 27.7 Å². The Morgan fingerprint density at radius 1 is 1.32 bits per heavy atom. The molecule has 22 heavy (non-hydrogen) atoms. The first-order valence-corrected chi connectivity index (χ1v) is 7.13. The lowest BCUT2D eigenvalue weighted by molar-refractivity contribution is 0.238. The van der Waals surface area contributed by atoms with Crippen LogP contribution in [0.15, 0.2) is 10.6 Å². The molecule has 2 rings (SSSR count). The summed E-state index contributed by atoms with van der Waals surface area (Å²) in [5.41, 5.74) is -0.239. The van der Waals surface area contributed by atoms with Crippen molar-refractivity contribution >= 4 is 6.03 Å². The van der Waals surface area contributed by atoms with Gasteiger partial charge in [-0.3, -0.25) is 0 Å². The number of nitrogens with one attached hydrogen (secondary N) is 2. The van der Waals surface area contributed by atoms with Crippen molar-refractivity contribution in [3.8, 4) is 0 Å². The zero-order valence-corrected chi connectivity index (χ0v) is 13.3. The van der Waals surface area contributed by atoms with E-state index in [4.69, 9.17) is 4.42 Å². The molecule has 0 aromatic carbocycles. The Kier molecular flexibility index (Phi) is 4.74. The molecule has 0 fully saturated rings. The predicted molar refractivity (Wildman–Crippen MR) is 77.8 cm³/mol. The summed E-state index contributed by atoms with van der Waals surface area (Å²) < 4.78 is 5.40. The first kappa shape index (κ1) is 15.9. The third kappa shape index (κ3) is 4.27. The van der Waals surface area contributed by atoms with Crippen LogP contribution in [-0.4, -0.2) is 31.2 Å². The number of tetrazole rings is 1. The SMILES string of the molecule is CCc1ncc(CNC(=O)NCc2nnn(C(C)(C)C)n2)o1. The van der Waals surface area contributed by atoms with E-state index in [1.165, 1.54) is 4.80 Å². The zero-order chi connectivity index (χ0) is 16.2. The number of hydrogen-bond acceptors (Lipinski definition) is 6. The molecule has 2 heterocycles. The predicted octanol–water partition coefficient (Wildman–Crippen LogP) is 0.978. The highest BCUT2D eigenvalue weighted by Crippen LogP contribution is 2.08. The van der Waals surface area contributed by atoms with Gasteiger partial charge in [-0.15, -0.1) is 10.2 Å². The number of amides is 2. The lowest BCUT2D eigenvalue weighted by Gasteiger charge is -2.15. The van der Waals surface area contributed by atoms with Crippen LogP contribution >= 0.6 is 0 Å². The minimum Gasteiger partial charge on any atom is -0.444 e. The van der Waals surface area contributed by atoms with Gasteiger partial charge >= 0.3 is 6.03 Å². The van der Waals surface area contributed by atoms with Gasteiger partial charge in [0.15, 0.2) is 11.7 Å². The molecule has 0 bridgehead atoms. The second-order valence-electron chi connectivity index (χ2n) is 5.78. The number of hydrogen-bond donors (Lipinski definition) is 2. The Hall–Kier alpha value is -2.45. The first-order chi connectivity index (χ1) is 10.4. The average Bonchev–Trinajstić information content (AvgIpc) is 3.11. The minimum absolute atomic E-state index is 0.207. The van der Waals surface area contributed by atoms with Crippen molar-refractivity contribution in [1.82, 2.24) is 35.8 Å². The molecule has 2 aromatic rings. The fraction of sp³-hybridized carbons (Fsp3) is 0.615. The van der Waals surface area contributed by atoms with E-state index in [0.29, 0.717) is 17.5 Å². The standard InChI is InChI=1S/C13H21N7O2/c1-5-11-14-6-9(22-11)7-15-12(21)16-8-10-17-19-20(18-10)13(2,3)4/h6H,5,7-8H2,1-4H3,(H2,15,16,21). The summed E-state index contributed by atoms with van der Waals surface area (Å²) in [5.74, 6) is 1.72. The van der Waals surface area contributed by atoms with Gasteiger partial charge < -0.3 is 15.1 Å². The summed E-state index contributed by atoms with van der Waals surface area (Å²) in [7, 11) is 0. The Bertz CT molecular complexity index is 626. The van der Waals surface area contributed by atoms with E-state index in [-0.39, 0.29) is 24.7 Å². The first-order valence-electron chi connectivity index (χ1n) is 7.13. The van der Waals surface area contributed by atoms with Crippen LogP contribution in [0, 0.1) is 0 Å². The van der Waals surface area contributed by atoms with Crippen LogP contribution in [0.2, 0.25) is 0 Å². The highest BCUT2D eigenvalue weighted by atomic mass is 16.4. The van der Waals surface area contributed by atoms with Crippen molar-refractivity contribution in [1.29, 1.82) is 0 Å². The largest absolute Gasteiger partial charge is 0.444 e. The van der Waals surface area contributed by atoms with E-state index in [1.54, 1.807) is 6.20 Å². The van der Waals surface area contributed by atoms with Gasteiger partial charge in [0.25, 0.3) is 0 Å². The van der Waals surface area contributed by atoms with Gasteiger partial charge in [-0.2, -0.15) is 4.80 Å². The molecule has 0 saturated carbocycles. The second-order valence-corrected chi connectivity index (χ2v) is 5.78. The van der Waals surface area contributed by atoms with Crippen LogP contribution in [0.5, 0.6) is 0 Å². The van der Waals surface area contributed by atoms with Crippen molar-refractivity contribution in [3.05, 3.63) is 23.7 Å². The summed E-state index contributed by atoms with van der Waals surface area (Å²) in [6.07, 6.45) is 2.33. The topological polar surface area (TPSA) is 111 Å². The van der Waals surface area contributed by atoms with Gasteiger partial charge in [0.05, 0.1) is 24.8 Å². The maximum Gasteiger partial charge on any atom is 0.315 e. The molecule has 2 aromatic heterocycles. The van der Waals surface area contributed by atoms with E-state index in [0.717, 1.165) is 6.42 Å². The van der Waals surface area contributed by atoms with E-state index in [9.17, 15) is 4.79 Å². The molecule has 2 amide bonds. The normalized spacial score (nSPS) is 11.5. The van der Waals surface area contributed by atoms with Crippen LogP contribution < -0.4 is 10.6 Å². The maximum absolute atomic E-state index is 11.7. The molecular weight excluding hydrogens is 286 g/mol. The van der Waals surface area contributed by atoms with Gasteiger partial charge in [-0.1, -0.05) is 6.92 Å². The fourth-order valence-electron chi connectivity index (χ4n) is 1.58. The maximum atomic E-state index is 11.7. The third-order valence-corrected chi connectivity index (χ3v) is 2.79. The Morgan fingerprint density at radius 2 is 2.05 bits per heavy atom. The van der Waals surface area contributed by atoms with Gasteiger partial charge in [-0.05, 0) is 26.0 Å². The highest BCUT2D eigenvalue weighted by molar-refractivity contribution is 5.73. The highest BCUT2D eigenvalue weighted by Gasteiger charge is 2.17. The smallest absolute Gasteiger partial charge is 0.315 e. The van der Waals surface area contributed by atoms with Crippen LogP contribution in [-0.2, 0) is 25.0 Å². The quantitative estimate of drug-likeness (QED) is 0.851. The average molecular weight is 307 g/mol. The van der Waals surface area contributed by atoms with Gasteiger partial charge in [0.2, 0.25) is 0 Å². The number of carbonyl (C=O) groups excluding carboxylic acids is 1. The van der Waals surface area contributed by atoms with Crippen LogP contribution in [0.4, 0.5) is 4.79 Å². The van der Waals surface area contributed by atoms with Gasteiger partial charge in [0, 0.05) is 6.42 Å². The summed E-state index contributed by atoms with van der Waals surface area (Å²) in [6.45, 7) is 8.36. The van der Waals surface area contributed by atoms with E-state index >= 15 is 0 Å². The molecule has 0 aliphatic rings. The van der Waals surface area contributed by atoms with Crippen LogP contribution in [0.1, 0.15) is 45.2 Å². The molecule has 0 aliphatic heterocycles.